The number of carbonyl (C=O) groups is 1. The number of halogens is 1. The second-order valence-electron chi connectivity index (χ2n) is 3.22. The van der Waals surface area contributed by atoms with Crippen LogP contribution in [-0.4, -0.2) is 16.1 Å². The molecule has 17 heavy (non-hydrogen) atoms. The minimum atomic E-state index is -1.01. The fraction of sp³-hybridized carbons (Fsp3) is 0. The van der Waals surface area contributed by atoms with E-state index in [-0.39, 0.29) is 5.69 Å². The predicted molar refractivity (Wildman–Crippen MR) is 69.5 cm³/mol. The van der Waals surface area contributed by atoms with Crippen LogP contribution in [0.4, 0.5) is 0 Å². The van der Waals surface area contributed by atoms with Crippen molar-refractivity contribution in [3.8, 4) is 0 Å². The zero-order chi connectivity index (χ0) is 12.3. The van der Waals surface area contributed by atoms with Crippen LogP contribution in [0.15, 0.2) is 56.9 Å². The minimum Gasteiger partial charge on any atom is -0.477 e. The topological polar surface area (TPSA) is 50.2 Å². The highest BCUT2D eigenvalue weighted by Gasteiger charge is 2.05. The number of carboxylic acids is 1. The molecule has 1 N–H and O–H groups in total. The van der Waals surface area contributed by atoms with Crippen LogP contribution in [0.5, 0.6) is 0 Å². The maximum absolute atomic E-state index is 10.6. The van der Waals surface area contributed by atoms with Gasteiger partial charge in [-0.15, -0.1) is 0 Å². The molecule has 0 amide bonds. The molecule has 86 valence electrons. The van der Waals surface area contributed by atoms with Gasteiger partial charge in [-0.1, -0.05) is 23.9 Å². The number of pyridine rings is 1. The quantitative estimate of drug-likeness (QED) is 0.939. The minimum absolute atomic E-state index is 0.0569. The molecule has 0 radical (unpaired) electrons. The highest BCUT2D eigenvalue weighted by molar-refractivity contribution is 9.10. The Bertz CT molecular complexity index is 542. The molecule has 2 rings (SSSR count). The molecule has 0 aliphatic carbocycles. The van der Waals surface area contributed by atoms with Gasteiger partial charge in [0.25, 0.3) is 0 Å². The number of aromatic carboxylic acids is 1. The molecule has 0 fully saturated rings. The van der Waals surface area contributed by atoms with Crippen LogP contribution in [-0.2, 0) is 0 Å². The lowest BCUT2D eigenvalue weighted by molar-refractivity contribution is 0.0690. The Morgan fingerprint density at radius 3 is 2.59 bits per heavy atom. The third-order valence-corrected chi connectivity index (χ3v) is 4.03. The molecule has 1 heterocycles. The molecule has 2 aromatic rings. The highest BCUT2D eigenvalue weighted by atomic mass is 79.9. The molecular formula is C12H8BrNO2S. The first-order chi connectivity index (χ1) is 8.16. The zero-order valence-electron chi connectivity index (χ0n) is 8.63. The van der Waals surface area contributed by atoms with E-state index in [1.807, 2.05) is 24.3 Å². The standard InChI is InChI=1S/C12H8BrNO2S/c13-9-3-1-2-4-11(9)17-8-5-6-10(12(15)16)14-7-8/h1-7H,(H,15,16). The van der Waals surface area contributed by atoms with E-state index in [0.29, 0.717) is 0 Å². The maximum atomic E-state index is 10.6. The summed E-state index contributed by atoms with van der Waals surface area (Å²) in [5, 5.41) is 8.73. The normalized spacial score (nSPS) is 10.2. The van der Waals surface area contributed by atoms with Crippen molar-refractivity contribution in [2.75, 3.05) is 0 Å². The number of nitrogens with zero attached hydrogens (tertiary/aromatic N) is 1. The van der Waals surface area contributed by atoms with E-state index in [0.717, 1.165) is 14.3 Å². The second kappa shape index (κ2) is 5.33. The summed E-state index contributed by atoms with van der Waals surface area (Å²) >= 11 is 4.99. The van der Waals surface area contributed by atoms with Gasteiger partial charge >= 0.3 is 5.97 Å². The molecule has 0 atom stereocenters. The first-order valence-corrected chi connectivity index (χ1v) is 6.39. The molecule has 1 aromatic carbocycles. The lowest BCUT2D eigenvalue weighted by atomic mass is 10.4. The van der Waals surface area contributed by atoms with Crippen LogP contribution < -0.4 is 0 Å². The molecular weight excluding hydrogens is 302 g/mol. The number of rotatable bonds is 3. The molecule has 0 unspecified atom stereocenters. The summed E-state index contributed by atoms with van der Waals surface area (Å²) in [6, 6.07) is 11.1. The summed E-state index contributed by atoms with van der Waals surface area (Å²) in [4.78, 5) is 16.5. The summed E-state index contributed by atoms with van der Waals surface area (Å²) in [5.41, 5.74) is 0.0569. The number of hydrogen-bond donors (Lipinski definition) is 1. The van der Waals surface area contributed by atoms with Gasteiger partial charge in [0.15, 0.2) is 0 Å². The zero-order valence-corrected chi connectivity index (χ0v) is 11.0. The fourth-order valence-electron chi connectivity index (χ4n) is 1.22. The van der Waals surface area contributed by atoms with Gasteiger partial charge in [0.1, 0.15) is 5.69 Å². The van der Waals surface area contributed by atoms with Crippen molar-refractivity contribution < 1.29 is 9.90 Å². The summed E-state index contributed by atoms with van der Waals surface area (Å²) in [5.74, 6) is -1.01. The summed E-state index contributed by atoms with van der Waals surface area (Å²) < 4.78 is 1.01. The van der Waals surface area contributed by atoms with E-state index in [1.54, 1.807) is 12.3 Å². The van der Waals surface area contributed by atoms with Crippen LogP contribution in [0.1, 0.15) is 10.5 Å². The van der Waals surface area contributed by atoms with Crippen LogP contribution in [0.25, 0.3) is 0 Å². The lowest BCUT2D eigenvalue weighted by Crippen LogP contribution is -1.98. The Morgan fingerprint density at radius 2 is 2.00 bits per heavy atom. The van der Waals surface area contributed by atoms with E-state index >= 15 is 0 Å². The molecule has 0 aliphatic rings. The summed E-state index contributed by atoms with van der Waals surface area (Å²) in [6.45, 7) is 0. The number of aromatic nitrogens is 1. The van der Waals surface area contributed by atoms with Gasteiger partial charge in [-0.2, -0.15) is 0 Å². The molecule has 0 spiro atoms. The Kier molecular flexibility index (Phi) is 3.81. The first kappa shape index (κ1) is 12.1. The molecule has 0 aliphatic heterocycles. The second-order valence-corrected chi connectivity index (χ2v) is 5.19. The van der Waals surface area contributed by atoms with E-state index < -0.39 is 5.97 Å². The van der Waals surface area contributed by atoms with Crippen molar-refractivity contribution >= 4 is 33.7 Å². The fourth-order valence-corrected chi connectivity index (χ4v) is 2.56. The first-order valence-electron chi connectivity index (χ1n) is 4.78. The maximum Gasteiger partial charge on any atom is 0.354 e. The highest BCUT2D eigenvalue weighted by Crippen LogP contribution is 2.32. The SMILES string of the molecule is O=C(O)c1ccc(Sc2ccccc2Br)cn1. The average molecular weight is 310 g/mol. The summed E-state index contributed by atoms with van der Waals surface area (Å²) in [6.07, 6.45) is 1.56. The molecule has 1 aromatic heterocycles. The lowest BCUT2D eigenvalue weighted by Gasteiger charge is -2.03. The smallest absolute Gasteiger partial charge is 0.354 e. The van der Waals surface area contributed by atoms with Gasteiger partial charge in [-0.25, -0.2) is 9.78 Å². The average Bonchev–Trinajstić information content (AvgIpc) is 2.33. The largest absolute Gasteiger partial charge is 0.477 e. The van der Waals surface area contributed by atoms with Gasteiger partial charge in [0, 0.05) is 20.5 Å². The van der Waals surface area contributed by atoms with Gasteiger partial charge < -0.3 is 5.11 Å². The van der Waals surface area contributed by atoms with Crippen molar-refractivity contribution in [1.82, 2.24) is 4.98 Å². The molecule has 3 nitrogen and oxygen atoms in total. The van der Waals surface area contributed by atoms with Crippen molar-refractivity contribution in [2.24, 2.45) is 0 Å². The predicted octanol–water partition coefficient (Wildman–Crippen LogP) is 3.69. The Morgan fingerprint density at radius 1 is 1.24 bits per heavy atom. The van der Waals surface area contributed by atoms with Crippen LogP contribution in [0, 0.1) is 0 Å². The number of carboxylic acid groups (broad SMARTS) is 1. The molecule has 0 bridgehead atoms. The Balaban J connectivity index is 2.20. The number of hydrogen-bond acceptors (Lipinski definition) is 3. The van der Waals surface area contributed by atoms with Crippen molar-refractivity contribution in [3.63, 3.8) is 0 Å². The van der Waals surface area contributed by atoms with Crippen molar-refractivity contribution in [3.05, 3.63) is 52.8 Å². The Labute approximate surface area is 111 Å². The van der Waals surface area contributed by atoms with E-state index in [2.05, 4.69) is 20.9 Å². The van der Waals surface area contributed by atoms with Crippen LogP contribution in [0.2, 0.25) is 0 Å². The van der Waals surface area contributed by atoms with E-state index in [9.17, 15) is 4.79 Å². The van der Waals surface area contributed by atoms with Crippen LogP contribution in [0.3, 0.4) is 0 Å². The van der Waals surface area contributed by atoms with Crippen LogP contribution >= 0.6 is 27.7 Å². The van der Waals surface area contributed by atoms with Crippen molar-refractivity contribution in [2.45, 2.75) is 9.79 Å². The number of benzene rings is 1. The van der Waals surface area contributed by atoms with E-state index in [4.69, 9.17) is 5.11 Å². The van der Waals surface area contributed by atoms with E-state index in [1.165, 1.54) is 17.8 Å². The van der Waals surface area contributed by atoms with Crippen molar-refractivity contribution in [1.29, 1.82) is 0 Å². The molecule has 0 saturated carbocycles. The summed E-state index contributed by atoms with van der Waals surface area (Å²) in [7, 11) is 0. The third kappa shape index (κ3) is 3.08. The van der Waals surface area contributed by atoms with Gasteiger partial charge in [0.05, 0.1) is 0 Å². The van der Waals surface area contributed by atoms with Gasteiger partial charge in [-0.3, -0.25) is 0 Å². The molecule has 5 heteroatoms. The Hall–Kier alpha value is -1.33. The molecule has 0 saturated heterocycles. The van der Waals surface area contributed by atoms with Gasteiger partial charge in [-0.05, 0) is 40.2 Å². The van der Waals surface area contributed by atoms with Gasteiger partial charge in [0.2, 0.25) is 0 Å². The monoisotopic (exact) mass is 309 g/mol. The third-order valence-electron chi connectivity index (χ3n) is 2.02.